The van der Waals surface area contributed by atoms with Crippen molar-refractivity contribution in [2.24, 2.45) is 11.7 Å². The van der Waals surface area contributed by atoms with Gasteiger partial charge in [-0.25, -0.2) is 13.1 Å². The molecule has 106 valence electrons. The van der Waals surface area contributed by atoms with Crippen LogP contribution in [0.3, 0.4) is 0 Å². The molecule has 0 radical (unpaired) electrons. The Morgan fingerprint density at radius 3 is 2.58 bits per heavy atom. The summed E-state index contributed by atoms with van der Waals surface area (Å²) in [7, 11) is -1.92. The first-order valence-corrected chi connectivity index (χ1v) is 7.98. The van der Waals surface area contributed by atoms with Gasteiger partial charge in [-0.1, -0.05) is 12.1 Å². The molecular weight excluding hydrogens is 262 g/mol. The number of hydrogen-bond acceptors (Lipinski definition) is 4. The third-order valence-electron chi connectivity index (χ3n) is 3.61. The highest BCUT2D eigenvalue weighted by atomic mass is 32.2. The standard InChI is InChI=1S/C13H21N3O2S/c1-15-19(17,18)13-4-2-11(3-5-13)9-16-7-6-12(8-14)10-16/h2-5,12,15H,6-10,14H2,1H3/t12-/m1/s1. The Morgan fingerprint density at radius 1 is 1.37 bits per heavy atom. The second-order valence-corrected chi connectivity index (χ2v) is 6.86. The summed E-state index contributed by atoms with van der Waals surface area (Å²) in [6, 6.07) is 7.05. The van der Waals surface area contributed by atoms with Crippen LogP contribution in [0.1, 0.15) is 12.0 Å². The summed E-state index contributed by atoms with van der Waals surface area (Å²) in [4.78, 5) is 2.67. The van der Waals surface area contributed by atoms with E-state index in [1.165, 1.54) is 7.05 Å². The Kier molecular flexibility index (Phi) is 4.57. The maximum Gasteiger partial charge on any atom is 0.240 e. The van der Waals surface area contributed by atoms with Gasteiger partial charge in [0.2, 0.25) is 10.0 Å². The van der Waals surface area contributed by atoms with E-state index in [9.17, 15) is 8.42 Å². The largest absolute Gasteiger partial charge is 0.330 e. The van der Waals surface area contributed by atoms with Gasteiger partial charge in [0, 0.05) is 13.1 Å². The van der Waals surface area contributed by atoms with Gasteiger partial charge in [-0.3, -0.25) is 4.90 Å². The Labute approximate surface area is 114 Å². The first kappa shape index (κ1) is 14.5. The summed E-state index contributed by atoms with van der Waals surface area (Å²) in [6.45, 7) is 3.71. The Bertz CT molecular complexity index is 513. The minimum atomic E-state index is -3.34. The van der Waals surface area contributed by atoms with Crippen LogP contribution in [0.25, 0.3) is 0 Å². The fraction of sp³-hybridized carbons (Fsp3) is 0.538. The summed E-state index contributed by atoms with van der Waals surface area (Å²) >= 11 is 0. The van der Waals surface area contributed by atoms with Crippen molar-refractivity contribution in [1.29, 1.82) is 0 Å². The molecule has 0 bridgehead atoms. The zero-order chi connectivity index (χ0) is 13.9. The minimum Gasteiger partial charge on any atom is -0.330 e. The van der Waals surface area contributed by atoms with Crippen LogP contribution in [-0.2, 0) is 16.6 Å². The second kappa shape index (κ2) is 6.00. The number of nitrogens with zero attached hydrogens (tertiary/aromatic N) is 1. The zero-order valence-electron chi connectivity index (χ0n) is 11.2. The van der Waals surface area contributed by atoms with Crippen LogP contribution < -0.4 is 10.5 Å². The SMILES string of the molecule is CNS(=O)(=O)c1ccc(CN2CC[C@H](CN)C2)cc1. The number of likely N-dealkylation sites (tertiary alicyclic amines) is 1. The third-order valence-corrected chi connectivity index (χ3v) is 5.04. The summed E-state index contributed by atoms with van der Waals surface area (Å²) < 4.78 is 25.5. The molecule has 1 aliphatic rings. The molecule has 1 aromatic carbocycles. The minimum absolute atomic E-state index is 0.306. The molecule has 0 spiro atoms. The Morgan fingerprint density at radius 2 is 2.05 bits per heavy atom. The van der Waals surface area contributed by atoms with Crippen LogP contribution in [0.5, 0.6) is 0 Å². The maximum absolute atomic E-state index is 11.6. The second-order valence-electron chi connectivity index (χ2n) is 4.98. The van der Waals surface area contributed by atoms with E-state index in [2.05, 4.69) is 9.62 Å². The van der Waals surface area contributed by atoms with Crippen molar-refractivity contribution >= 4 is 10.0 Å². The maximum atomic E-state index is 11.6. The number of sulfonamides is 1. The summed E-state index contributed by atoms with van der Waals surface area (Å²) in [5, 5.41) is 0. The van der Waals surface area contributed by atoms with Crippen LogP contribution >= 0.6 is 0 Å². The van der Waals surface area contributed by atoms with Gasteiger partial charge < -0.3 is 5.73 Å². The van der Waals surface area contributed by atoms with Gasteiger partial charge in [0.15, 0.2) is 0 Å². The number of nitrogens with two attached hydrogens (primary N) is 1. The molecule has 2 rings (SSSR count). The van der Waals surface area contributed by atoms with Gasteiger partial charge in [-0.2, -0.15) is 0 Å². The molecule has 5 nitrogen and oxygen atoms in total. The Hall–Kier alpha value is -0.950. The van der Waals surface area contributed by atoms with Crippen LogP contribution in [0.15, 0.2) is 29.2 Å². The molecule has 0 aliphatic carbocycles. The number of rotatable bonds is 5. The lowest BCUT2D eigenvalue weighted by Crippen LogP contribution is -2.23. The number of hydrogen-bond donors (Lipinski definition) is 2. The molecule has 0 saturated carbocycles. The van der Waals surface area contributed by atoms with Crippen LogP contribution in [0.4, 0.5) is 0 Å². The first-order valence-electron chi connectivity index (χ1n) is 6.50. The number of benzene rings is 1. The van der Waals surface area contributed by atoms with Crippen molar-refractivity contribution in [3.05, 3.63) is 29.8 Å². The molecular formula is C13H21N3O2S. The molecule has 3 N–H and O–H groups in total. The molecule has 0 aromatic heterocycles. The smallest absolute Gasteiger partial charge is 0.240 e. The van der Waals surface area contributed by atoms with Crippen molar-refractivity contribution < 1.29 is 8.42 Å². The van der Waals surface area contributed by atoms with Crippen molar-refractivity contribution in [1.82, 2.24) is 9.62 Å². The quantitative estimate of drug-likeness (QED) is 0.819. The third kappa shape index (κ3) is 3.54. The fourth-order valence-corrected chi connectivity index (χ4v) is 3.13. The molecule has 1 saturated heterocycles. The molecule has 0 unspecified atom stereocenters. The summed E-state index contributed by atoms with van der Waals surface area (Å²) in [6.07, 6.45) is 1.16. The van der Waals surface area contributed by atoms with Gasteiger partial charge >= 0.3 is 0 Å². The van der Waals surface area contributed by atoms with E-state index in [1.54, 1.807) is 12.1 Å². The molecule has 1 aromatic rings. The van der Waals surface area contributed by atoms with Crippen molar-refractivity contribution in [3.63, 3.8) is 0 Å². The van der Waals surface area contributed by atoms with Crippen LogP contribution in [-0.4, -0.2) is 40.0 Å². The van der Waals surface area contributed by atoms with E-state index in [0.717, 1.165) is 38.2 Å². The molecule has 0 amide bonds. The molecule has 1 atom stereocenters. The average Bonchev–Trinajstić information content (AvgIpc) is 2.87. The summed E-state index contributed by atoms with van der Waals surface area (Å²) in [5.74, 6) is 0.601. The topological polar surface area (TPSA) is 75.4 Å². The van der Waals surface area contributed by atoms with Gasteiger partial charge in [0.1, 0.15) is 0 Å². The van der Waals surface area contributed by atoms with Gasteiger partial charge in [-0.15, -0.1) is 0 Å². The van der Waals surface area contributed by atoms with E-state index >= 15 is 0 Å². The lowest BCUT2D eigenvalue weighted by molar-refractivity contribution is 0.318. The monoisotopic (exact) mass is 283 g/mol. The van der Waals surface area contributed by atoms with E-state index in [1.807, 2.05) is 12.1 Å². The molecule has 1 fully saturated rings. The molecule has 19 heavy (non-hydrogen) atoms. The van der Waals surface area contributed by atoms with E-state index in [4.69, 9.17) is 5.73 Å². The Balaban J connectivity index is 2.00. The van der Waals surface area contributed by atoms with E-state index < -0.39 is 10.0 Å². The molecule has 1 heterocycles. The summed E-state index contributed by atoms with van der Waals surface area (Å²) in [5.41, 5.74) is 6.80. The lowest BCUT2D eigenvalue weighted by Gasteiger charge is -2.15. The highest BCUT2D eigenvalue weighted by Crippen LogP contribution is 2.18. The van der Waals surface area contributed by atoms with E-state index in [0.29, 0.717) is 10.8 Å². The van der Waals surface area contributed by atoms with Gasteiger partial charge in [0.25, 0.3) is 0 Å². The van der Waals surface area contributed by atoms with Gasteiger partial charge in [-0.05, 0) is 50.2 Å². The van der Waals surface area contributed by atoms with Crippen molar-refractivity contribution in [2.45, 2.75) is 17.9 Å². The highest BCUT2D eigenvalue weighted by molar-refractivity contribution is 7.89. The normalized spacial score (nSPS) is 20.8. The van der Waals surface area contributed by atoms with Crippen molar-refractivity contribution in [3.8, 4) is 0 Å². The predicted molar refractivity (Wildman–Crippen MR) is 75.1 cm³/mol. The lowest BCUT2D eigenvalue weighted by atomic mass is 10.1. The van der Waals surface area contributed by atoms with Crippen molar-refractivity contribution in [2.75, 3.05) is 26.7 Å². The zero-order valence-corrected chi connectivity index (χ0v) is 12.0. The van der Waals surface area contributed by atoms with E-state index in [-0.39, 0.29) is 0 Å². The van der Waals surface area contributed by atoms with Gasteiger partial charge in [0.05, 0.1) is 4.90 Å². The molecule has 1 aliphatic heterocycles. The highest BCUT2D eigenvalue weighted by Gasteiger charge is 2.21. The predicted octanol–water partition coefficient (Wildman–Crippen LogP) is 0.375. The number of nitrogens with one attached hydrogen (secondary N) is 1. The first-order chi connectivity index (χ1) is 9.05. The average molecular weight is 283 g/mol. The van der Waals surface area contributed by atoms with Crippen LogP contribution in [0, 0.1) is 5.92 Å². The molecule has 6 heteroatoms. The fourth-order valence-electron chi connectivity index (χ4n) is 2.40. The van der Waals surface area contributed by atoms with Crippen LogP contribution in [0.2, 0.25) is 0 Å².